The molecular weight excluding hydrogens is 995 g/mol. The molecule has 24 N–H and O–H groups in total. The first kappa shape index (κ1) is 68.6. The number of unbranched alkanes of at least 4 members (excludes halogenated alkanes) is 2. The molecule has 0 saturated heterocycles. The molecule has 0 unspecified atom stereocenters. The fourth-order valence-electron chi connectivity index (χ4n) is 7.13. The molecule has 0 aliphatic rings. The Hall–Kier alpha value is -7.37. The van der Waals surface area contributed by atoms with Gasteiger partial charge in [-0.2, -0.15) is 0 Å². The maximum absolute atomic E-state index is 13.7. The van der Waals surface area contributed by atoms with Crippen LogP contribution >= 0.6 is 0 Å². The van der Waals surface area contributed by atoms with Gasteiger partial charge >= 0.3 is 0 Å². The van der Waals surface area contributed by atoms with Crippen LogP contribution in [0.2, 0.25) is 0 Å². The molecule has 76 heavy (non-hydrogen) atoms. The number of guanidine groups is 2. The minimum atomic E-state index is -1.21. The number of nitrogens with two attached hydrogens (primary N) is 7. The Kier molecular flexibility index (Phi) is 35.3. The Bertz CT molecular complexity index is 1960. The molecule has 0 aromatic rings. The lowest BCUT2D eigenvalue weighted by Gasteiger charge is -2.25. The molecule has 0 radical (unpaired) electrons. The van der Waals surface area contributed by atoms with Gasteiger partial charge in [0.25, 0.3) is 0 Å². The van der Waals surface area contributed by atoms with Crippen molar-refractivity contribution in [2.24, 2.45) is 62.0 Å². The van der Waals surface area contributed by atoms with Crippen molar-refractivity contribution >= 4 is 76.9 Å². The second-order valence-electron chi connectivity index (χ2n) is 18.8. The van der Waals surface area contributed by atoms with E-state index in [1.54, 1.807) is 13.8 Å². The Balaban J connectivity index is 5.74. The molecular formula is C46H87N19O11. The molecule has 0 aliphatic carbocycles. The molecule has 432 valence electrons. The number of nitrogens with zero attached hydrogens (tertiary/aromatic N) is 2. The summed E-state index contributed by atoms with van der Waals surface area (Å²) >= 11 is 0. The molecule has 0 rings (SSSR count). The summed E-state index contributed by atoms with van der Waals surface area (Å²) in [5.41, 5.74) is 38.1. The third-order valence-corrected chi connectivity index (χ3v) is 10.9. The normalized spacial score (nSPS) is 13.2. The zero-order valence-corrected chi connectivity index (χ0v) is 44.7. The van der Waals surface area contributed by atoms with Gasteiger partial charge in [0.1, 0.15) is 36.3 Å². The van der Waals surface area contributed by atoms with Gasteiger partial charge < -0.3 is 93.3 Å². The van der Waals surface area contributed by atoms with Gasteiger partial charge in [0.05, 0.1) is 26.2 Å². The quantitative estimate of drug-likeness (QED) is 0.0154. The van der Waals surface area contributed by atoms with Crippen molar-refractivity contribution in [3.05, 3.63) is 0 Å². The number of nitrogens with one attached hydrogen (secondary N) is 10. The third kappa shape index (κ3) is 33.4. The molecule has 30 heteroatoms. The second-order valence-corrected chi connectivity index (χ2v) is 18.8. The number of rotatable bonds is 40. The van der Waals surface area contributed by atoms with Gasteiger partial charge in [0, 0.05) is 20.0 Å². The molecule has 11 amide bonds. The molecule has 0 aliphatic heterocycles. The fourth-order valence-corrected chi connectivity index (χ4v) is 7.13. The largest absolute Gasteiger partial charge is 0.370 e. The maximum Gasteiger partial charge on any atom is 0.243 e. The van der Waals surface area contributed by atoms with Crippen molar-refractivity contribution in [2.75, 3.05) is 52.4 Å². The number of primary amides is 1. The summed E-state index contributed by atoms with van der Waals surface area (Å²) in [5.74, 6) is -8.49. The van der Waals surface area contributed by atoms with E-state index in [1.807, 2.05) is 13.8 Å². The van der Waals surface area contributed by atoms with Crippen LogP contribution in [0.4, 0.5) is 0 Å². The first-order valence-electron chi connectivity index (χ1n) is 25.5. The Morgan fingerprint density at radius 2 is 0.711 bits per heavy atom. The number of hydrogen-bond acceptors (Lipinski definition) is 15. The van der Waals surface area contributed by atoms with E-state index in [0.717, 1.165) is 0 Å². The number of amides is 11. The van der Waals surface area contributed by atoms with Crippen LogP contribution in [0.1, 0.15) is 112 Å². The van der Waals surface area contributed by atoms with Gasteiger partial charge in [-0.15, -0.1) is 0 Å². The van der Waals surface area contributed by atoms with Gasteiger partial charge in [-0.3, -0.25) is 62.7 Å². The Morgan fingerprint density at radius 1 is 0.382 bits per heavy atom. The molecule has 0 aromatic heterocycles. The van der Waals surface area contributed by atoms with E-state index in [0.29, 0.717) is 38.6 Å². The highest BCUT2D eigenvalue weighted by Crippen LogP contribution is 2.09. The third-order valence-electron chi connectivity index (χ3n) is 10.9. The van der Waals surface area contributed by atoms with Crippen LogP contribution in [-0.2, 0) is 52.7 Å². The molecule has 0 spiro atoms. The molecule has 6 atom stereocenters. The summed E-state index contributed by atoms with van der Waals surface area (Å²) in [5, 5.41) is 25.0. The topological polar surface area (TPSA) is 515 Å². The fraction of sp³-hybridized carbons (Fsp3) is 0.717. The average molecular weight is 1080 g/mol. The summed E-state index contributed by atoms with van der Waals surface area (Å²) in [6.45, 7) is 7.02. The zero-order chi connectivity index (χ0) is 57.8. The monoisotopic (exact) mass is 1080 g/mol. The van der Waals surface area contributed by atoms with Crippen LogP contribution in [0.5, 0.6) is 0 Å². The highest BCUT2D eigenvalue weighted by atomic mass is 16.2. The number of hydrogen-bond donors (Lipinski definition) is 17. The highest BCUT2D eigenvalue weighted by molar-refractivity contribution is 5.97. The standard InChI is InChI=1S/C46H87N19O11/c1-26(2)20-33(41(73)58-24-37(69)61-29(39(49)71)12-6-8-16-47)63-38(70)25-59-42(74)34(21-27(3)4)65-44(76)32(13-7-9-17-48)62-36(68)23-56-35(67)22-57-40(72)30(14-10-18-54-45(50)51)64-43(75)31(60-28(5)66)15-11-19-55-46(52)53/h26-27,29-34H,6-25,47-48H2,1-5H3,(H2,49,71)(H,56,67)(H,57,72)(H,58,73)(H,59,74)(H,60,66)(H,61,69)(H,62,68)(H,63,70)(H,64,75)(H,65,76)(H4,50,51,54)(H4,52,53,55)/t29-,30-,31-,32-,33-,34-/m0/s1. The van der Waals surface area contributed by atoms with Crippen LogP contribution in [0.15, 0.2) is 9.98 Å². The van der Waals surface area contributed by atoms with Crippen molar-refractivity contribution in [2.45, 2.75) is 148 Å². The smallest absolute Gasteiger partial charge is 0.243 e. The summed E-state index contributed by atoms with van der Waals surface area (Å²) in [4.78, 5) is 150. The molecule has 0 fully saturated rings. The predicted octanol–water partition coefficient (Wildman–Crippen LogP) is -6.68. The van der Waals surface area contributed by atoms with E-state index >= 15 is 0 Å². The SMILES string of the molecule is CC(=O)N[C@@H](CCCN=C(N)N)C(=O)N[C@@H](CCCN=C(N)N)C(=O)NCC(=O)NCC(=O)N[C@@H](CCCCN)C(=O)N[C@@H](CC(C)C)C(=O)NCC(=O)N[C@@H](CC(C)C)C(=O)NCC(=O)N[C@@H](CCCCN)C(N)=O. The van der Waals surface area contributed by atoms with Crippen LogP contribution in [0, 0.1) is 11.8 Å². The lowest BCUT2D eigenvalue weighted by Crippen LogP contribution is -2.56. The van der Waals surface area contributed by atoms with Gasteiger partial charge in [0.2, 0.25) is 65.0 Å². The minimum Gasteiger partial charge on any atom is -0.370 e. The van der Waals surface area contributed by atoms with Crippen LogP contribution in [0.25, 0.3) is 0 Å². The molecule has 0 bridgehead atoms. The zero-order valence-electron chi connectivity index (χ0n) is 44.7. The van der Waals surface area contributed by atoms with E-state index in [9.17, 15) is 52.7 Å². The van der Waals surface area contributed by atoms with E-state index in [-0.39, 0.29) is 88.3 Å². The van der Waals surface area contributed by atoms with Crippen molar-refractivity contribution in [1.29, 1.82) is 0 Å². The lowest BCUT2D eigenvalue weighted by molar-refractivity contribution is -0.134. The Labute approximate surface area is 444 Å². The van der Waals surface area contributed by atoms with Crippen molar-refractivity contribution in [1.82, 2.24) is 53.2 Å². The Morgan fingerprint density at radius 3 is 1.12 bits per heavy atom. The summed E-state index contributed by atoms with van der Waals surface area (Å²) < 4.78 is 0. The summed E-state index contributed by atoms with van der Waals surface area (Å²) in [7, 11) is 0. The number of aliphatic imine (C=N–C) groups is 2. The summed E-state index contributed by atoms with van der Waals surface area (Å²) in [6, 6.07) is -6.72. The van der Waals surface area contributed by atoms with Gasteiger partial charge in [-0.05, 0) is 102 Å². The molecule has 0 aromatic carbocycles. The van der Waals surface area contributed by atoms with Gasteiger partial charge in [-0.1, -0.05) is 27.7 Å². The molecule has 0 heterocycles. The first-order valence-corrected chi connectivity index (χ1v) is 25.5. The lowest BCUT2D eigenvalue weighted by atomic mass is 10.0. The number of carbonyl (C=O) groups is 11. The van der Waals surface area contributed by atoms with Crippen molar-refractivity contribution < 1.29 is 52.7 Å². The number of carbonyl (C=O) groups excluding carboxylic acids is 11. The van der Waals surface area contributed by atoms with Crippen molar-refractivity contribution in [3.8, 4) is 0 Å². The van der Waals surface area contributed by atoms with Crippen LogP contribution in [0.3, 0.4) is 0 Å². The molecule has 0 saturated carbocycles. The maximum atomic E-state index is 13.7. The predicted molar refractivity (Wildman–Crippen MR) is 283 cm³/mol. The van der Waals surface area contributed by atoms with Gasteiger partial charge in [-0.25, -0.2) is 0 Å². The second kappa shape index (κ2) is 39.1. The highest BCUT2D eigenvalue weighted by Gasteiger charge is 2.30. The van der Waals surface area contributed by atoms with E-state index in [2.05, 4.69) is 63.2 Å². The molecule has 30 nitrogen and oxygen atoms in total. The minimum absolute atomic E-state index is 0.0189. The summed E-state index contributed by atoms with van der Waals surface area (Å²) in [6.07, 6.45) is 3.35. The van der Waals surface area contributed by atoms with Gasteiger partial charge in [0.15, 0.2) is 11.9 Å². The van der Waals surface area contributed by atoms with Crippen LogP contribution < -0.4 is 93.3 Å². The van der Waals surface area contributed by atoms with E-state index in [4.69, 9.17) is 40.1 Å². The van der Waals surface area contributed by atoms with E-state index in [1.165, 1.54) is 6.92 Å². The van der Waals surface area contributed by atoms with E-state index < -0.39 is 127 Å². The van der Waals surface area contributed by atoms with Crippen LogP contribution in [-0.4, -0.2) is 166 Å². The average Bonchev–Trinajstić information content (AvgIpc) is 3.33. The first-order chi connectivity index (χ1) is 35.8. The van der Waals surface area contributed by atoms with Crippen molar-refractivity contribution in [3.63, 3.8) is 0 Å².